The van der Waals surface area contributed by atoms with Crippen molar-refractivity contribution < 1.29 is 9.90 Å². The highest BCUT2D eigenvalue weighted by Gasteiger charge is 2.12. The van der Waals surface area contributed by atoms with E-state index < -0.39 is 12.0 Å². The topological polar surface area (TPSA) is 76.2 Å². The number of nitrogens with two attached hydrogens (primary N) is 1. The summed E-state index contributed by atoms with van der Waals surface area (Å²) in [5.41, 5.74) is 7.53. The van der Waals surface area contributed by atoms with E-state index in [2.05, 4.69) is 4.98 Å². The summed E-state index contributed by atoms with van der Waals surface area (Å²) in [7, 11) is 0. The van der Waals surface area contributed by atoms with Crippen LogP contribution >= 0.6 is 0 Å². The third-order valence-corrected chi connectivity index (χ3v) is 2.80. The van der Waals surface area contributed by atoms with Crippen molar-refractivity contribution in [2.75, 3.05) is 0 Å². The van der Waals surface area contributed by atoms with Crippen LogP contribution in [0.25, 0.3) is 10.8 Å². The molecule has 4 heteroatoms. The van der Waals surface area contributed by atoms with Gasteiger partial charge in [-0.25, -0.2) is 0 Å². The Kier molecular flexibility index (Phi) is 3.06. The van der Waals surface area contributed by atoms with Crippen LogP contribution in [-0.4, -0.2) is 22.1 Å². The molecule has 1 aromatic heterocycles. The maximum atomic E-state index is 10.7. The van der Waals surface area contributed by atoms with Gasteiger partial charge in [-0.1, -0.05) is 12.1 Å². The molecule has 1 unspecified atom stereocenters. The van der Waals surface area contributed by atoms with Crippen molar-refractivity contribution in [2.45, 2.75) is 19.4 Å². The van der Waals surface area contributed by atoms with E-state index >= 15 is 0 Å². The molecule has 3 N–H and O–H groups in total. The van der Waals surface area contributed by atoms with Gasteiger partial charge in [0.05, 0.1) is 0 Å². The zero-order valence-corrected chi connectivity index (χ0v) is 9.55. The quantitative estimate of drug-likeness (QED) is 0.837. The van der Waals surface area contributed by atoms with Gasteiger partial charge < -0.3 is 10.8 Å². The van der Waals surface area contributed by atoms with Gasteiger partial charge in [0, 0.05) is 17.8 Å². The van der Waals surface area contributed by atoms with Crippen LogP contribution in [-0.2, 0) is 11.2 Å². The van der Waals surface area contributed by atoms with E-state index in [9.17, 15) is 4.79 Å². The number of hydrogen-bond donors (Lipinski definition) is 2. The molecule has 1 aromatic carbocycles. The van der Waals surface area contributed by atoms with Crippen LogP contribution in [0.4, 0.5) is 0 Å². The predicted octanol–water partition coefficient (Wildman–Crippen LogP) is 1.50. The normalized spacial score (nSPS) is 12.6. The summed E-state index contributed by atoms with van der Waals surface area (Å²) >= 11 is 0. The highest BCUT2D eigenvalue weighted by molar-refractivity contribution is 5.85. The van der Waals surface area contributed by atoms with Gasteiger partial charge in [0.2, 0.25) is 0 Å². The number of carboxylic acids is 1. The molecule has 0 aliphatic rings. The number of aromatic nitrogens is 1. The molecule has 4 nitrogen and oxygen atoms in total. The van der Waals surface area contributed by atoms with Crippen LogP contribution in [0.2, 0.25) is 0 Å². The molecule has 0 saturated heterocycles. The maximum Gasteiger partial charge on any atom is 0.320 e. The summed E-state index contributed by atoms with van der Waals surface area (Å²) in [4.78, 5) is 14.8. The molecule has 0 bridgehead atoms. The number of aryl methyl sites for hydroxylation is 1. The second kappa shape index (κ2) is 4.51. The van der Waals surface area contributed by atoms with Gasteiger partial charge in [-0.2, -0.15) is 0 Å². The molecule has 0 saturated carbocycles. The van der Waals surface area contributed by atoms with Gasteiger partial charge in [0.15, 0.2) is 0 Å². The first-order valence-corrected chi connectivity index (χ1v) is 5.39. The molecular weight excluding hydrogens is 216 g/mol. The van der Waals surface area contributed by atoms with Crippen LogP contribution in [0.15, 0.2) is 30.6 Å². The zero-order valence-electron chi connectivity index (χ0n) is 9.55. The Morgan fingerprint density at radius 1 is 1.47 bits per heavy atom. The van der Waals surface area contributed by atoms with Crippen LogP contribution in [0.5, 0.6) is 0 Å². The predicted molar refractivity (Wildman–Crippen MR) is 65.8 cm³/mol. The monoisotopic (exact) mass is 230 g/mol. The summed E-state index contributed by atoms with van der Waals surface area (Å²) < 4.78 is 0. The molecule has 0 radical (unpaired) electrons. The molecular formula is C13H14N2O2. The molecule has 88 valence electrons. The number of pyridine rings is 1. The van der Waals surface area contributed by atoms with Gasteiger partial charge in [0.25, 0.3) is 0 Å². The summed E-state index contributed by atoms with van der Waals surface area (Å²) in [6, 6.07) is 4.98. The molecule has 1 atom stereocenters. The average molecular weight is 230 g/mol. The van der Waals surface area contributed by atoms with Gasteiger partial charge in [-0.3, -0.25) is 9.78 Å². The molecule has 1 heterocycles. The fourth-order valence-corrected chi connectivity index (χ4v) is 1.85. The number of carboxylic acid groups (broad SMARTS) is 1. The number of nitrogens with zero attached hydrogens (tertiary/aromatic N) is 1. The number of aliphatic carboxylic acids is 1. The second-order valence-corrected chi connectivity index (χ2v) is 4.16. The van der Waals surface area contributed by atoms with Crippen LogP contribution in [0, 0.1) is 6.92 Å². The van der Waals surface area contributed by atoms with Gasteiger partial charge in [-0.05, 0) is 35.9 Å². The van der Waals surface area contributed by atoms with Crippen molar-refractivity contribution in [1.82, 2.24) is 4.98 Å². The summed E-state index contributed by atoms with van der Waals surface area (Å²) in [5.74, 6) is -0.979. The van der Waals surface area contributed by atoms with Crippen molar-refractivity contribution >= 4 is 16.7 Å². The van der Waals surface area contributed by atoms with Crippen molar-refractivity contribution in [3.05, 3.63) is 41.7 Å². The van der Waals surface area contributed by atoms with E-state index in [-0.39, 0.29) is 0 Å². The lowest BCUT2D eigenvalue weighted by atomic mass is 10.0. The van der Waals surface area contributed by atoms with Gasteiger partial charge in [0.1, 0.15) is 6.04 Å². The summed E-state index contributed by atoms with van der Waals surface area (Å²) in [5, 5.41) is 10.9. The van der Waals surface area contributed by atoms with Gasteiger partial charge in [-0.15, -0.1) is 0 Å². The lowest BCUT2D eigenvalue weighted by Crippen LogP contribution is -2.32. The first kappa shape index (κ1) is 11.5. The fraction of sp³-hybridized carbons (Fsp3) is 0.231. The Balaban J connectivity index is 2.35. The maximum absolute atomic E-state index is 10.7. The lowest BCUT2D eigenvalue weighted by molar-refractivity contribution is -0.138. The zero-order chi connectivity index (χ0) is 12.4. The lowest BCUT2D eigenvalue weighted by Gasteiger charge is -2.08. The second-order valence-electron chi connectivity index (χ2n) is 4.16. The highest BCUT2D eigenvalue weighted by Crippen LogP contribution is 2.19. The first-order chi connectivity index (χ1) is 8.08. The largest absolute Gasteiger partial charge is 0.480 e. The minimum Gasteiger partial charge on any atom is -0.480 e. The SMILES string of the molecule is Cc1cncc2cc(CC(N)C(=O)O)ccc12. The van der Waals surface area contributed by atoms with Crippen molar-refractivity contribution in [3.63, 3.8) is 0 Å². The van der Waals surface area contributed by atoms with Crippen LogP contribution in [0.3, 0.4) is 0 Å². The minimum atomic E-state index is -0.979. The number of fused-ring (bicyclic) bond motifs is 1. The molecule has 2 aromatic rings. The summed E-state index contributed by atoms with van der Waals surface area (Å²) in [6.45, 7) is 2.00. The van der Waals surface area contributed by atoms with Crippen molar-refractivity contribution in [1.29, 1.82) is 0 Å². The van der Waals surface area contributed by atoms with Crippen LogP contribution in [0.1, 0.15) is 11.1 Å². The number of hydrogen-bond acceptors (Lipinski definition) is 3. The van der Waals surface area contributed by atoms with E-state index in [0.717, 1.165) is 21.9 Å². The number of carbonyl (C=O) groups is 1. The third kappa shape index (κ3) is 2.42. The summed E-state index contributed by atoms with van der Waals surface area (Å²) in [6.07, 6.45) is 3.92. The fourth-order valence-electron chi connectivity index (χ4n) is 1.85. The first-order valence-electron chi connectivity index (χ1n) is 5.39. The van der Waals surface area contributed by atoms with Gasteiger partial charge >= 0.3 is 5.97 Å². The standard InChI is InChI=1S/C13H14N2O2/c1-8-6-15-7-10-4-9(2-3-11(8)10)5-12(14)13(16)17/h2-4,6-7,12H,5,14H2,1H3,(H,16,17). The Morgan fingerprint density at radius 3 is 2.94 bits per heavy atom. The van der Waals surface area contributed by atoms with Crippen LogP contribution < -0.4 is 5.73 Å². The van der Waals surface area contributed by atoms with E-state index in [1.54, 1.807) is 6.20 Å². The van der Waals surface area contributed by atoms with E-state index in [0.29, 0.717) is 6.42 Å². The third-order valence-electron chi connectivity index (χ3n) is 2.80. The molecule has 0 aliphatic carbocycles. The van der Waals surface area contributed by atoms with Crippen molar-refractivity contribution in [2.24, 2.45) is 5.73 Å². The van der Waals surface area contributed by atoms with E-state index in [4.69, 9.17) is 10.8 Å². The Morgan fingerprint density at radius 2 is 2.24 bits per heavy atom. The van der Waals surface area contributed by atoms with E-state index in [1.165, 1.54) is 0 Å². The van der Waals surface area contributed by atoms with E-state index in [1.807, 2.05) is 31.3 Å². The molecule has 0 amide bonds. The Hall–Kier alpha value is -1.94. The molecule has 0 fully saturated rings. The Bertz CT molecular complexity index is 566. The minimum absolute atomic E-state index is 0.333. The smallest absolute Gasteiger partial charge is 0.320 e. The molecule has 0 aliphatic heterocycles. The highest BCUT2D eigenvalue weighted by atomic mass is 16.4. The number of rotatable bonds is 3. The number of benzene rings is 1. The molecule has 17 heavy (non-hydrogen) atoms. The van der Waals surface area contributed by atoms with Crippen molar-refractivity contribution in [3.8, 4) is 0 Å². The molecule has 2 rings (SSSR count). The average Bonchev–Trinajstić information content (AvgIpc) is 2.29. The molecule has 0 spiro atoms. The Labute approximate surface area is 99.1 Å².